The number of aliphatic carboxylic acids is 1. The molecule has 3 N–H and O–H groups in total. The number of carboxylic acids is 1. The van der Waals surface area contributed by atoms with Crippen molar-refractivity contribution in [2.75, 3.05) is 0 Å². The van der Waals surface area contributed by atoms with E-state index in [4.69, 9.17) is 10.9 Å². The molecular formula is C8H14N2O2. The van der Waals surface area contributed by atoms with Crippen molar-refractivity contribution in [3.63, 3.8) is 0 Å². The maximum absolute atomic E-state index is 10.4. The van der Waals surface area contributed by atoms with Crippen molar-refractivity contribution in [3.8, 4) is 0 Å². The van der Waals surface area contributed by atoms with E-state index < -0.39 is 5.97 Å². The van der Waals surface area contributed by atoms with E-state index in [2.05, 4.69) is 5.10 Å². The van der Waals surface area contributed by atoms with E-state index >= 15 is 0 Å². The molecule has 1 saturated carbocycles. The van der Waals surface area contributed by atoms with Crippen molar-refractivity contribution < 1.29 is 9.90 Å². The Kier molecular flexibility index (Phi) is 2.68. The average Bonchev–Trinajstić information content (AvgIpc) is 2.32. The number of nitrogens with two attached hydrogens (primary N) is 1. The van der Waals surface area contributed by atoms with Crippen LogP contribution in [-0.4, -0.2) is 16.8 Å². The van der Waals surface area contributed by atoms with Gasteiger partial charge >= 0.3 is 5.97 Å². The SMILES string of the molecule is CC1/C(=N/N)CCC1CC(=O)O. The third-order valence-corrected chi connectivity index (χ3v) is 2.61. The summed E-state index contributed by atoms with van der Waals surface area (Å²) in [5.74, 6) is 4.89. The molecule has 0 heterocycles. The first-order chi connectivity index (χ1) is 5.65. The Morgan fingerprint density at radius 1 is 1.83 bits per heavy atom. The molecule has 4 heteroatoms. The van der Waals surface area contributed by atoms with Crippen LogP contribution in [0.15, 0.2) is 5.10 Å². The zero-order valence-electron chi connectivity index (χ0n) is 7.16. The number of rotatable bonds is 2. The van der Waals surface area contributed by atoms with E-state index in [1.807, 2.05) is 6.92 Å². The second-order valence-electron chi connectivity index (χ2n) is 3.31. The van der Waals surface area contributed by atoms with Crippen LogP contribution in [0.3, 0.4) is 0 Å². The minimum Gasteiger partial charge on any atom is -0.481 e. The second-order valence-corrected chi connectivity index (χ2v) is 3.31. The number of carboxylic acid groups (broad SMARTS) is 1. The van der Waals surface area contributed by atoms with E-state index in [1.165, 1.54) is 0 Å². The van der Waals surface area contributed by atoms with Crippen molar-refractivity contribution in [1.82, 2.24) is 0 Å². The van der Waals surface area contributed by atoms with Crippen LogP contribution in [0.2, 0.25) is 0 Å². The van der Waals surface area contributed by atoms with Gasteiger partial charge in [-0.3, -0.25) is 4.79 Å². The summed E-state index contributed by atoms with van der Waals surface area (Å²) in [4.78, 5) is 10.4. The van der Waals surface area contributed by atoms with Gasteiger partial charge in [0.1, 0.15) is 0 Å². The fourth-order valence-corrected chi connectivity index (χ4v) is 1.77. The topological polar surface area (TPSA) is 75.7 Å². The van der Waals surface area contributed by atoms with Gasteiger partial charge in [0.2, 0.25) is 0 Å². The zero-order valence-corrected chi connectivity index (χ0v) is 7.16. The summed E-state index contributed by atoms with van der Waals surface area (Å²) < 4.78 is 0. The molecule has 0 spiro atoms. The number of nitrogens with zero attached hydrogens (tertiary/aromatic N) is 1. The maximum Gasteiger partial charge on any atom is 0.303 e. The van der Waals surface area contributed by atoms with Gasteiger partial charge in [0.25, 0.3) is 0 Å². The third kappa shape index (κ3) is 1.75. The Morgan fingerprint density at radius 3 is 2.92 bits per heavy atom. The molecule has 68 valence electrons. The molecule has 0 aliphatic heterocycles. The molecule has 2 unspecified atom stereocenters. The van der Waals surface area contributed by atoms with E-state index in [9.17, 15) is 4.79 Å². The number of hydrogen-bond donors (Lipinski definition) is 2. The summed E-state index contributed by atoms with van der Waals surface area (Å²) >= 11 is 0. The third-order valence-electron chi connectivity index (χ3n) is 2.61. The quantitative estimate of drug-likeness (QED) is 0.476. The lowest BCUT2D eigenvalue weighted by Gasteiger charge is -2.11. The fraction of sp³-hybridized carbons (Fsp3) is 0.750. The Labute approximate surface area is 71.4 Å². The van der Waals surface area contributed by atoms with E-state index in [-0.39, 0.29) is 18.3 Å². The van der Waals surface area contributed by atoms with Crippen LogP contribution in [0.1, 0.15) is 26.2 Å². The fourth-order valence-electron chi connectivity index (χ4n) is 1.77. The van der Waals surface area contributed by atoms with Crippen molar-refractivity contribution in [2.45, 2.75) is 26.2 Å². The molecule has 0 saturated heterocycles. The monoisotopic (exact) mass is 170 g/mol. The van der Waals surface area contributed by atoms with Gasteiger partial charge in [-0.2, -0.15) is 5.10 Å². The number of hydrazone groups is 1. The average molecular weight is 170 g/mol. The summed E-state index contributed by atoms with van der Waals surface area (Å²) in [5.41, 5.74) is 0.959. The minimum atomic E-state index is -0.731. The molecule has 0 radical (unpaired) electrons. The van der Waals surface area contributed by atoms with E-state index in [1.54, 1.807) is 0 Å². The lowest BCUT2D eigenvalue weighted by molar-refractivity contribution is -0.138. The molecule has 1 aliphatic rings. The highest BCUT2D eigenvalue weighted by atomic mass is 16.4. The van der Waals surface area contributed by atoms with Crippen molar-refractivity contribution in [3.05, 3.63) is 0 Å². The van der Waals surface area contributed by atoms with Crippen LogP contribution < -0.4 is 5.84 Å². The largest absolute Gasteiger partial charge is 0.481 e. The minimum absolute atomic E-state index is 0.227. The standard InChI is InChI=1S/C8H14N2O2/c1-5-6(4-8(11)12)2-3-7(5)10-9/h5-6H,2-4,9H2,1H3,(H,11,12)/b10-7+. The van der Waals surface area contributed by atoms with Crippen LogP contribution in [0.4, 0.5) is 0 Å². The van der Waals surface area contributed by atoms with Gasteiger partial charge in [0, 0.05) is 12.1 Å². The zero-order chi connectivity index (χ0) is 9.14. The maximum atomic E-state index is 10.4. The van der Waals surface area contributed by atoms with Crippen molar-refractivity contribution in [1.29, 1.82) is 0 Å². The summed E-state index contributed by atoms with van der Waals surface area (Å²) in [6.07, 6.45) is 2.00. The number of hydrogen-bond acceptors (Lipinski definition) is 3. The molecule has 1 fully saturated rings. The van der Waals surface area contributed by atoms with Gasteiger partial charge in [0.15, 0.2) is 0 Å². The normalized spacial score (nSPS) is 32.6. The smallest absolute Gasteiger partial charge is 0.303 e. The Bertz CT molecular complexity index is 213. The first-order valence-electron chi connectivity index (χ1n) is 4.13. The highest BCUT2D eigenvalue weighted by molar-refractivity contribution is 5.89. The molecule has 1 rings (SSSR count). The molecule has 2 atom stereocenters. The van der Waals surface area contributed by atoms with Crippen LogP contribution in [0.5, 0.6) is 0 Å². The highest BCUT2D eigenvalue weighted by Crippen LogP contribution is 2.31. The van der Waals surface area contributed by atoms with Crippen LogP contribution >= 0.6 is 0 Å². The van der Waals surface area contributed by atoms with Gasteiger partial charge < -0.3 is 10.9 Å². The lowest BCUT2D eigenvalue weighted by atomic mass is 9.94. The molecule has 1 aliphatic carbocycles. The first kappa shape index (κ1) is 9.03. The summed E-state index contributed by atoms with van der Waals surface area (Å²) in [6.45, 7) is 1.99. The summed E-state index contributed by atoms with van der Waals surface area (Å²) in [7, 11) is 0. The molecule has 0 aromatic rings. The first-order valence-corrected chi connectivity index (χ1v) is 4.13. The van der Waals surface area contributed by atoms with Crippen molar-refractivity contribution in [2.24, 2.45) is 22.8 Å². The lowest BCUT2D eigenvalue weighted by Crippen LogP contribution is -2.15. The van der Waals surface area contributed by atoms with Gasteiger partial charge in [-0.1, -0.05) is 6.92 Å². The van der Waals surface area contributed by atoms with E-state index in [0.717, 1.165) is 18.6 Å². The predicted octanol–water partition coefficient (Wildman–Crippen LogP) is 0.822. The van der Waals surface area contributed by atoms with Gasteiger partial charge in [0.05, 0.1) is 0 Å². The summed E-state index contributed by atoms with van der Waals surface area (Å²) in [6, 6.07) is 0. The Hall–Kier alpha value is -1.06. The van der Waals surface area contributed by atoms with E-state index in [0.29, 0.717) is 0 Å². The summed E-state index contributed by atoms with van der Waals surface area (Å²) in [5, 5.41) is 12.2. The Balaban J connectivity index is 2.55. The molecule has 0 bridgehead atoms. The van der Waals surface area contributed by atoms with Crippen LogP contribution in [0, 0.1) is 11.8 Å². The molecule has 0 aromatic carbocycles. The van der Waals surface area contributed by atoms with Gasteiger partial charge in [-0.05, 0) is 24.7 Å². The molecule has 4 nitrogen and oxygen atoms in total. The molecule has 0 aromatic heterocycles. The molecular weight excluding hydrogens is 156 g/mol. The van der Waals surface area contributed by atoms with Gasteiger partial charge in [-0.25, -0.2) is 0 Å². The van der Waals surface area contributed by atoms with Crippen molar-refractivity contribution >= 4 is 11.7 Å². The Morgan fingerprint density at radius 2 is 2.50 bits per heavy atom. The second kappa shape index (κ2) is 3.56. The molecule has 0 amide bonds. The van der Waals surface area contributed by atoms with Crippen LogP contribution in [-0.2, 0) is 4.79 Å². The van der Waals surface area contributed by atoms with Crippen LogP contribution in [0.25, 0.3) is 0 Å². The predicted molar refractivity (Wildman–Crippen MR) is 45.8 cm³/mol. The van der Waals surface area contributed by atoms with Gasteiger partial charge in [-0.15, -0.1) is 0 Å². The number of carbonyl (C=O) groups is 1. The highest BCUT2D eigenvalue weighted by Gasteiger charge is 2.30. The molecule has 12 heavy (non-hydrogen) atoms.